The molecular weight excluding hydrogens is 821 g/mol. The highest BCUT2D eigenvalue weighted by Gasteiger charge is 2.43. The second-order valence-electron chi connectivity index (χ2n) is 19.4. The number of esters is 1. The molecular formula is C48H82N6O10. The number of carbonyl (C=O) groups is 6. The molecule has 364 valence electrons. The summed E-state index contributed by atoms with van der Waals surface area (Å²) in [4.78, 5) is 87.4. The monoisotopic (exact) mass is 903 g/mol. The molecule has 1 saturated heterocycles. The van der Waals surface area contributed by atoms with Gasteiger partial charge in [-0.25, -0.2) is 9.59 Å². The zero-order chi connectivity index (χ0) is 48.6. The van der Waals surface area contributed by atoms with Crippen LogP contribution in [0.2, 0.25) is 0 Å². The molecule has 16 heteroatoms. The van der Waals surface area contributed by atoms with Gasteiger partial charge in [0.15, 0.2) is 0 Å². The summed E-state index contributed by atoms with van der Waals surface area (Å²) in [7, 11) is 8.45. The molecule has 0 aliphatic carbocycles. The summed E-state index contributed by atoms with van der Waals surface area (Å²) in [5.74, 6) is -2.84. The maximum absolute atomic E-state index is 14.4. The second-order valence-corrected chi connectivity index (χ2v) is 19.4. The maximum Gasteiger partial charge on any atom is 0.407 e. The molecule has 3 N–H and O–H groups in total. The molecule has 1 aromatic rings. The molecule has 1 fully saturated rings. The van der Waals surface area contributed by atoms with Crippen LogP contribution in [0.4, 0.5) is 4.79 Å². The molecule has 0 bridgehead atoms. The number of likely N-dealkylation sites (tertiary alicyclic amines) is 1. The molecule has 0 spiro atoms. The van der Waals surface area contributed by atoms with Gasteiger partial charge in [0.05, 0.1) is 49.2 Å². The van der Waals surface area contributed by atoms with E-state index >= 15 is 0 Å². The number of alkyl carbamates (subject to hydrolysis) is 1. The van der Waals surface area contributed by atoms with Crippen LogP contribution in [-0.4, -0.2) is 153 Å². The Balaban J connectivity index is 2.30. The number of ether oxygens (including phenoxy) is 4. The van der Waals surface area contributed by atoms with Crippen LogP contribution in [0.5, 0.6) is 0 Å². The fourth-order valence-electron chi connectivity index (χ4n) is 8.62. The molecule has 2 rings (SSSR count). The van der Waals surface area contributed by atoms with Crippen molar-refractivity contribution >= 4 is 35.7 Å². The van der Waals surface area contributed by atoms with Crippen molar-refractivity contribution in [2.75, 3.05) is 48.5 Å². The summed E-state index contributed by atoms with van der Waals surface area (Å²) < 4.78 is 23.0. The Morgan fingerprint density at radius 1 is 0.859 bits per heavy atom. The Morgan fingerprint density at radius 2 is 1.48 bits per heavy atom. The van der Waals surface area contributed by atoms with Gasteiger partial charge in [-0.3, -0.25) is 24.1 Å². The number of methoxy groups -OCH3 is 2. The van der Waals surface area contributed by atoms with Crippen molar-refractivity contribution in [1.82, 2.24) is 30.7 Å². The quantitative estimate of drug-likeness (QED) is 0.121. The summed E-state index contributed by atoms with van der Waals surface area (Å²) in [5, 5.41) is 8.54. The molecule has 5 amide bonds. The SMILES string of the molecule is CC[C@H](C)C([C@@H](CC(=O)N1CCC[C@H]1[C@H](OC)[C@@H](C)C(=O)N[C@@H](Cc1ccccc1)C(=O)OC(C)CNC(=O)OC(C)(C)C)OC)N(C)C(=O)[C@@H](NC(=O)C(C(C)C)N(C)C)C(C)C. The lowest BCUT2D eigenvalue weighted by Crippen LogP contribution is -2.59. The first kappa shape index (κ1) is 55.9. The van der Waals surface area contributed by atoms with E-state index in [2.05, 4.69) is 16.0 Å². The average molecular weight is 903 g/mol. The van der Waals surface area contributed by atoms with Crippen molar-refractivity contribution in [1.29, 1.82) is 0 Å². The minimum Gasteiger partial charge on any atom is -0.459 e. The second kappa shape index (κ2) is 26.0. The molecule has 0 aromatic heterocycles. The molecule has 1 aliphatic rings. The molecule has 10 atom stereocenters. The van der Waals surface area contributed by atoms with Gasteiger partial charge in [0, 0.05) is 34.2 Å². The Hall–Kier alpha value is -4.28. The van der Waals surface area contributed by atoms with Gasteiger partial charge in [-0.15, -0.1) is 0 Å². The van der Waals surface area contributed by atoms with Crippen molar-refractivity contribution in [3.8, 4) is 0 Å². The van der Waals surface area contributed by atoms with Crippen LogP contribution in [0.1, 0.15) is 107 Å². The number of hydrogen-bond acceptors (Lipinski definition) is 11. The van der Waals surface area contributed by atoms with Crippen LogP contribution in [-0.2, 0) is 49.3 Å². The van der Waals surface area contributed by atoms with E-state index in [0.29, 0.717) is 25.8 Å². The molecule has 1 heterocycles. The highest BCUT2D eigenvalue weighted by Crippen LogP contribution is 2.30. The number of rotatable bonds is 24. The van der Waals surface area contributed by atoms with Crippen LogP contribution in [0.15, 0.2) is 30.3 Å². The lowest BCUT2D eigenvalue weighted by atomic mass is 9.89. The predicted octanol–water partition coefficient (Wildman–Crippen LogP) is 4.82. The van der Waals surface area contributed by atoms with Gasteiger partial charge in [-0.1, -0.05) is 85.2 Å². The topological polar surface area (TPSA) is 185 Å². The van der Waals surface area contributed by atoms with Crippen LogP contribution in [0.25, 0.3) is 0 Å². The lowest BCUT2D eigenvalue weighted by molar-refractivity contribution is -0.153. The van der Waals surface area contributed by atoms with Gasteiger partial charge < -0.3 is 44.7 Å². The summed E-state index contributed by atoms with van der Waals surface area (Å²) in [6.07, 6.45) is -0.669. The normalized spacial score (nSPS) is 18.5. The lowest BCUT2D eigenvalue weighted by Gasteiger charge is -2.41. The van der Waals surface area contributed by atoms with E-state index in [1.165, 1.54) is 7.11 Å². The van der Waals surface area contributed by atoms with E-state index in [0.717, 1.165) is 5.56 Å². The van der Waals surface area contributed by atoms with E-state index < -0.39 is 78.0 Å². The third kappa shape index (κ3) is 16.6. The van der Waals surface area contributed by atoms with E-state index in [-0.39, 0.29) is 54.9 Å². The molecule has 1 aliphatic heterocycles. The van der Waals surface area contributed by atoms with Gasteiger partial charge in [-0.05, 0) is 77.9 Å². The predicted molar refractivity (Wildman–Crippen MR) is 247 cm³/mol. The fraction of sp³-hybridized carbons (Fsp3) is 0.750. The summed E-state index contributed by atoms with van der Waals surface area (Å²) in [6.45, 7) is 20.8. The van der Waals surface area contributed by atoms with Gasteiger partial charge in [0.1, 0.15) is 23.8 Å². The zero-order valence-electron chi connectivity index (χ0n) is 41.7. The largest absolute Gasteiger partial charge is 0.459 e. The molecule has 3 unspecified atom stereocenters. The third-order valence-corrected chi connectivity index (χ3v) is 12.1. The summed E-state index contributed by atoms with van der Waals surface area (Å²) in [5.41, 5.74) is 0.108. The maximum atomic E-state index is 14.4. The molecule has 0 radical (unpaired) electrons. The number of amides is 5. The first-order chi connectivity index (χ1) is 29.9. The van der Waals surface area contributed by atoms with Crippen molar-refractivity contribution in [3.63, 3.8) is 0 Å². The minimum absolute atomic E-state index is 0.00152. The van der Waals surface area contributed by atoms with Gasteiger partial charge in [-0.2, -0.15) is 0 Å². The number of likely N-dealkylation sites (N-methyl/N-ethyl adjacent to an activating group) is 2. The van der Waals surface area contributed by atoms with Gasteiger partial charge >= 0.3 is 12.1 Å². The minimum atomic E-state index is -1.06. The van der Waals surface area contributed by atoms with E-state index in [1.54, 1.807) is 58.6 Å². The van der Waals surface area contributed by atoms with Crippen LogP contribution in [0.3, 0.4) is 0 Å². The van der Waals surface area contributed by atoms with Gasteiger partial charge in [0.2, 0.25) is 23.6 Å². The number of carbonyl (C=O) groups excluding carboxylic acids is 6. The average Bonchev–Trinajstić information content (AvgIpc) is 3.70. The Morgan fingerprint density at radius 3 is 2.00 bits per heavy atom. The Kier molecular flexibility index (Phi) is 22.7. The number of benzene rings is 1. The molecule has 1 aromatic carbocycles. The van der Waals surface area contributed by atoms with Crippen molar-refractivity contribution in [2.24, 2.45) is 23.7 Å². The Bertz CT molecular complexity index is 1640. The smallest absolute Gasteiger partial charge is 0.407 e. The number of nitrogens with zero attached hydrogens (tertiary/aromatic N) is 3. The third-order valence-electron chi connectivity index (χ3n) is 12.1. The molecule has 16 nitrogen and oxygen atoms in total. The van der Waals surface area contributed by atoms with Crippen molar-refractivity contribution in [3.05, 3.63) is 35.9 Å². The first-order valence-corrected chi connectivity index (χ1v) is 23.0. The van der Waals surface area contributed by atoms with Crippen LogP contribution < -0.4 is 16.0 Å². The molecule has 0 saturated carbocycles. The summed E-state index contributed by atoms with van der Waals surface area (Å²) >= 11 is 0. The highest BCUT2D eigenvalue weighted by atomic mass is 16.6. The zero-order valence-corrected chi connectivity index (χ0v) is 41.7. The summed E-state index contributed by atoms with van der Waals surface area (Å²) in [6, 6.07) is 6.01. The first-order valence-electron chi connectivity index (χ1n) is 23.0. The van der Waals surface area contributed by atoms with Crippen molar-refractivity contribution < 1.29 is 47.7 Å². The van der Waals surface area contributed by atoms with Crippen LogP contribution >= 0.6 is 0 Å². The van der Waals surface area contributed by atoms with Crippen LogP contribution in [0, 0.1) is 23.7 Å². The van der Waals surface area contributed by atoms with Crippen molar-refractivity contribution in [2.45, 2.75) is 162 Å². The van der Waals surface area contributed by atoms with Gasteiger partial charge in [0.25, 0.3) is 0 Å². The number of hydrogen-bond donors (Lipinski definition) is 3. The fourth-order valence-corrected chi connectivity index (χ4v) is 8.62. The highest BCUT2D eigenvalue weighted by molar-refractivity contribution is 5.90. The Labute approximate surface area is 383 Å². The van der Waals surface area contributed by atoms with E-state index in [4.69, 9.17) is 18.9 Å². The molecule has 64 heavy (non-hydrogen) atoms. The standard InChI is InChI=1S/C48H82N6O10/c1-17-31(6)41(53(14)45(58)39(29(2)3)51-44(57)40(30(4)5)52(12)13)37(61-15)27-38(55)54-25-21-24-36(54)42(62-16)33(8)43(56)50-35(26-34-22-19-18-20-23-34)46(59)63-32(7)28-49-47(60)64-48(9,10)11/h18-20,22-23,29-33,35-37,39-42H,17,21,24-28H2,1-16H3,(H,49,60)(H,50,56)(H,51,57)/t31-,32?,33+,35-,36-,37+,39-,40?,41?,42+/m0/s1. The number of nitrogens with one attached hydrogen (secondary N) is 3. The van der Waals surface area contributed by atoms with E-state index in [1.807, 2.05) is 90.9 Å². The van der Waals surface area contributed by atoms with E-state index in [9.17, 15) is 28.8 Å².